The predicted octanol–water partition coefficient (Wildman–Crippen LogP) is 3.56. The standard InChI is InChI=1S/C21H18N2O3/c1-25-21(24)15-5-3-2-4-14(15)20-16-8-6-12(22)10-18(16)26-19-11-13(23)7-9-17(19)20/h2-6,8,10-11,22H,7,9,23H2,1H3. The van der Waals surface area contributed by atoms with E-state index in [4.69, 9.17) is 20.3 Å². The first kappa shape index (κ1) is 16.1. The van der Waals surface area contributed by atoms with Crippen LogP contribution in [-0.4, -0.2) is 13.1 Å². The molecule has 1 aliphatic heterocycles. The lowest BCUT2D eigenvalue weighted by Crippen LogP contribution is -2.11. The third-order valence-corrected chi connectivity index (χ3v) is 4.65. The lowest BCUT2D eigenvalue weighted by Gasteiger charge is -2.23. The van der Waals surface area contributed by atoms with Gasteiger partial charge in [0, 0.05) is 28.5 Å². The molecule has 4 rings (SSSR count). The molecular weight excluding hydrogens is 328 g/mol. The largest absolute Gasteiger partial charge is 0.465 e. The average Bonchev–Trinajstić information content (AvgIpc) is 2.65. The molecule has 0 radical (unpaired) electrons. The highest BCUT2D eigenvalue weighted by Crippen LogP contribution is 2.42. The second-order valence-corrected chi connectivity index (χ2v) is 6.29. The summed E-state index contributed by atoms with van der Waals surface area (Å²) in [7, 11) is 1.38. The van der Waals surface area contributed by atoms with Gasteiger partial charge in [-0.3, -0.25) is 0 Å². The molecule has 5 heteroatoms. The van der Waals surface area contributed by atoms with Crippen LogP contribution in [0, 0.1) is 5.41 Å². The number of fused-ring (bicyclic) bond motifs is 2. The van der Waals surface area contributed by atoms with Gasteiger partial charge < -0.3 is 20.3 Å². The van der Waals surface area contributed by atoms with Crippen molar-refractivity contribution in [2.45, 2.75) is 12.8 Å². The van der Waals surface area contributed by atoms with Crippen LogP contribution in [0.4, 0.5) is 0 Å². The van der Waals surface area contributed by atoms with Gasteiger partial charge in [-0.25, -0.2) is 4.79 Å². The first-order chi connectivity index (χ1) is 12.6. The molecule has 0 atom stereocenters. The van der Waals surface area contributed by atoms with Gasteiger partial charge in [0.15, 0.2) is 0 Å². The highest BCUT2D eigenvalue weighted by molar-refractivity contribution is 6.00. The van der Waals surface area contributed by atoms with Crippen LogP contribution in [0.1, 0.15) is 28.1 Å². The lowest BCUT2D eigenvalue weighted by molar-refractivity contribution is 0.0601. The van der Waals surface area contributed by atoms with Crippen LogP contribution in [0.15, 0.2) is 52.6 Å². The Hall–Kier alpha value is -3.34. The van der Waals surface area contributed by atoms with E-state index in [9.17, 15) is 4.79 Å². The molecule has 0 unspecified atom stereocenters. The molecule has 3 N–H and O–H groups in total. The minimum Gasteiger partial charge on any atom is -0.465 e. The molecule has 3 aliphatic rings. The van der Waals surface area contributed by atoms with Gasteiger partial charge in [-0.2, -0.15) is 0 Å². The van der Waals surface area contributed by atoms with Gasteiger partial charge in [0.1, 0.15) is 11.5 Å². The van der Waals surface area contributed by atoms with E-state index >= 15 is 0 Å². The molecule has 0 bridgehead atoms. The van der Waals surface area contributed by atoms with Crippen molar-refractivity contribution >= 4 is 12.0 Å². The fourth-order valence-electron chi connectivity index (χ4n) is 3.45. The van der Waals surface area contributed by atoms with Crippen molar-refractivity contribution in [3.63, 3.8) is 0 Å². The number of esters is 1. The van der Waals surface area contributed by atoms with E-state index < -0.39 is 0 Å². The van der Waals surface area contributed by atoms with Gasteiger partial charge in [-0.05, 0) is 42.7 Å². The SMILES string of the molecule is COC(=O)c1ccccc1-c1c2ccc(=N)cc-2oc2c1CCC(N)=C2. The van der Waals surface area contributed by atoms with Gasteiger partial charge in [0.2, 0.25) is 0 Å². The summed E-state index contributed by atoms with van der Waals surface area (Å²) in [6.07, 6.45) is 3.29. The van der Waals surface area contributed by atoms with Crippen LogP contribution in [0.2, 0.25) is 0 Å². The number of hydrogen-bond acceptors (Lipinski definition) is 5. The Morgan fingerprint density at radius 1 is 1.15 bits per heavy atom. The summed E-state index contributed by atoms with van der Waals surface area (Å²) in [5, 5.41) is 8.26. The highest BCUT2D eigenvalue weighted by atomic mass is 16.5. The van der Waals surface area contributed by atoms with Gasteiger partial charge >= 0.3 is 5.97 Å². The molecule has 1 heterocycles. The zero-order valence-corrected chi connectivity index (χ0v) is 14.3. The fourth-order valence-corrected chi connectivity index (χ4v) is 3.45. The Morgan fingerprint density at radius 2 is 1.96 bits per heavy atom. The summed E-state index contributed by atoms with van der Waals surface area (Å²) in [4.78, 5) is 12.3. The van der Waals surface area contributed by atoms with Crippen LogP contribution < -0.4 is 11.1 Å². The number of ether oxygens (including phenoxy) is 1. The summed E-state index contributed by atoms with van der Waals surface area (Å²) in [5.41, 5.74) is 10.9. The molecule has 130 valence electrons. The van der Waals surface area contributed by atoms with E-state index in [1.54, 1.807) is 18.2 Å². The zero-order valence-electron chi connectivity index (χ0n) is 14.3. The minimum atomic E-state index is -0.383. The molecule has 0 saturated carbocycles. The normalized spacial score (nSPS) is 13.2. The van der Waals surface area contributed by atoms with Crippen molar-refractivity contribution in [3.05, 3.63) is 70.4 Å². The van der Waals surface area contributed by atoms with E-state index in [1.165, 1.54) is 7.11 Å². The summed E-state index contributed by atoms with van der Waals surface area (Å²) < 4.78 is 11.0. The number of rotatable bonds is 2. The number of carbonyl (C=O) groups is 1. The molecule has 0 saturated heterocycles. The molecular formula is C21H18N2O3. The fraction of sp³-hybridized carbons (Fsp3) is 0.143. The maximum Gasteiger partial charge on any atom is 0.338 e. The number of nitrogens with two attached hydrogens (primary N) is 1. The van der Waals surface area contributed by atoms with Crippen molar-refractivity contribution in [3.8, 4) is 22.5 Å². The molecule has 1 aromatic rings. The van der Waals surface area contributed by atoms with Gasteiger partial charge in [0.25, 0.3) is 0 Å². The molecule has 0 aromatic heterocycles. The summed E-state index contributed by atoms with van der Waals surface area (Å²) >= 11 is 0. The van der Waals surface area contributed by atoms with Crippen molar-refractivity contribution in [1.82, 2.24) is 0 Å². The Balaban J connectivity index is 2.11. The number of hydrogen-bond donors (Lipinski definition) is 2. The van der Waals surface area contributed by atoms with Crippen molar-refractivity contribution in [1.29, 1.82) is 5.41 Å². The van der Waals surface area contributed by atoms with E-state index in [0.29, 0.717) is 22.4 Å². The number of nitrogens with one attached hydrogen (secondary N) is 1. The Labute approximate surface area is 150 Å². The smallest absolute Gasteiger partial charge is 0.338 e. The lowest BCUT2D eigenvalue weighted by atomic mass is 9.86. The molecule has 0 fully saturated rings. The second kappa shape index (κ2) is 6.19. The molecule has 0 amide bonds. The van der Waals surface area contributed by atoms with Crippen LogP contribution >= 0.6 is 0 Å². The van der Waals surface area contributed by atoms with E-state index in [0.717, 1.165) is 40.8 Å². The third kappa shape index (κ3) is 2.58. The first-order valence-corrected chi connectivity index (χ1v) is 8.36. The third-order valence-electron chi connectivity index (χ3n) is 4.65. The number of methoxy groups -OCH3 is 1. The van der Waals surface area contributed by atoms with E-state index in [-0.39, 0.29) is 5.97 Å². The number of allylic oxidation sites excluding steroid dienone is 1. The average molecular weight is 346 g/mol. The highest BCUT2D eigenvalue weighted by Gasteiger charge is 2.25. The summed E-state index contributed by atoms with van der Waals surface area (Å²) in [6.45, 7) is 0. The van der Waals surface area contributed by atoms with E-state index in [2.05, 4.69) is 0 Å². The predicted molar refractivity (Wildman–Crippen MR) is 98.4 cm³/mol. The van der Waals surface area contributed by atoms with Crippen LogP contribution in [-0.2, 0) is 11.2 Å². The number of carbonyl (C=O) groups excluding carboxylic acids is 1. The maximum atomic E-state index is 12.3. The monoisotopic (exact) mass is 346 g/mol. The van der Waals surface area contributed by atoms with Crippen LogP contribution in [0.3, 0.4) is 0 Å². The van der Waals surface area contributed by atoms with Gasteiger partial charge in [-0.1, -0.05) is 18.2 Å². The van der Waals surface area contributed by atoms with E-state index in [1.807, 2.05) is 30.3 Å². The Morgan fingerprint density at radius 3 is 2.77 bits per heavy atom. The molecule has 0 spiro atoms. The first-order valence-electron chi connectivity index (χ1n) is 8.36. The number of benzene rings is 2. The maximum absolute atomic E-state index is 12.3. The topological polar surface area (TPSA) is 89.3 Å². The zero-order chi connectivity index (χ0) is 18.3. The second-order valence-electron chi connectivity index (χ2n) is 6.29. The molecule has 1 aromatic carbocycles. The molecule has 26 heavy (non-hydrogen) atoms. The van der Waals surface area contributed by atoms with Crippen molar-refractivity contribution < 1.29 is 13.9 Å². The van der Waals surface area contributed by atoms with Gasteiger partial charge in [-0.15, -0.1) is 0 Å². The minimum absolute atomic E-state index is 0.362. The van der Waals surface area contributed by atoms with Crippen molar-refractivity contribution in [2.75, 3.05) is 7.11 Å². The molecule has 2 aliphatic carbocycles. The van der Waals surface area contributed by atoms with Crippen LogP contribution in [0.25, 0.3) is 28.5 Å². The molecule has 5 nitrogen and oxygen atoms in total. The van der Waals surface area contributed by atoms with Crippen LogP contribution in [0.5, 0.6) is 0 Å². The quantitative estimate of drug-likeness (QED) is 0.694. The Bertz CT molecular complexity index is 1080. The Kier molecular flexibility index (Phi) is 3.84. The van der Waals surface area contributed by atoms with Gasteiger partial charge in [0.05, 0.1) is 18.0 Å². The summed E-state index contributed by atoms with van der Waals surface area (Å²) in [5.74, 6) is 0.893. The van der Waals surface area contributed by atoms with Crippen molar-refractivity contribution in [2.24, 2.45) is 5.73 Å². The summed E-state index contributed by atoms with van der Waals surface area (Å²) in [6, 6.07) is 12.7.